The fourth-order valence-corrected chi connectivity index (χ4v) is 5.54. The van der Waals surface area contributed by atoms with Gasteiger partial charge in [0, 0.05) is 42.7 Å². The molecule has 0 spiro atoms. The Morgan fingerprint density at radius 2 is 1.88 bits per heavy atom. The summed E-state index contributed by atoms with van der Waals surface area (Å²) in [5.41, 5.74) is 1.98. The molecule has 0 bridgehead atoms. The zero-order valence-electron chi connectivity index (χ0n) is 17.7. The molecule has 168 valence electrons. The zero-order valence-corrected chi connectivity index (χ0v) is 19.3. The van der Waals surface area contributed by atoms with Crippen LogP contribution < -0.4 is 5.32 Å². The Balaban J connectivity index is 1.36. The molecule has 1 amide bonds. The summed E-state index contributed by atoms with van der Waals surface area (Å²) in [6.07, 6.45) is 4.96. The lowest BCUT2D eigenvalue weighted by Gasteiger charge is -2.31. The maximum atomic E-state index is 12.9. The van der Waals surface area contributed by atoms with Crippen LogP contribution in [0, 0.1) is 12.8 Å². The van der Waals surface area contributed by atoms with E-state index in [1.165, 1.54) is 16.4 Å². The summed E-state index contributed by atoms with van der Waals surface area (Å²) in [5, 5.41) is 3.44. The number of nitrogens with zero attached hydrogens (tertiary/aromatic N) is 3. The second-order valence-electron chi connectivity index (χ2n) is 7.88. The lowest BCUT2D eigenvalue weighted by atomic mass is 9.99. The average molecular weight is 473 g/mol. The van der Waals surface area contributed by atoms with Crippen molar-refractivity contribution in [3.05, 3.63) is 77.3 Å². The van der Waals surface area contributed by atoms with Crippen molar-refractivity contribution >= 4 is 27.5 Å². The summed E-state index contributed by atoms with van der Waals surface area (Å²) in [6.45, 7) is 2.91. The Labute approximate surface area is 193 Å². The number of aromatic nitrogens is 2. The molecule has 1 aliphatic heterocycles. The van der Waals surface area contributed by atoms with Crippen molar-refractivity contribution in [2.24, 2.45) is 5.92 Å². The Morgan fingerprint density at radius 1 is 1.16 bits per heavy atom. The molecule has 1 saturated heterocycles. The number of amides is 1. The molecule has 2 aromatic carbocycles. The summed E-state index contributed by atoms with van der Waals surface area (Å²) in [5.74, 6) is 0.399. The van der Waals surface area contributed by atoms with E-state index >= 15 is 0 Å². The lowest BCUT2D eigenvalue weighted by Crippen LogP contribution is -2.45. The van der Waals surface area contributed by atoms with E-state index in [4.69, 9.17) is 11.6 Å². The van der Waals surface area contributed by atoms with Gasteiger partial charge in [0.05, 0.1) is 10.8 Å². The maximum absolute atomic E-state index is 12.9. The third kappa shape index (κ3) is 4.87. The maximum Gasteiger partial charge on any atom is 0.243 e. The van der Waals surface area contributed by atoms with Crippen molar-refractivity contribution in [1.29, 1.82) is 0 Å². The minimum Gasteiger partial charge on any atom is -0.352 e. The molecule has 9 heteroatoms. The monoisotopic (exact) mass is 472 g/mol. The first-order chi connectivity index (χ1) is 15.3. The zero-order chi connectivity index (χ0) is 22.7. The summed E-state index contributed by atoms with van der Waals surface area (Å²) >= 11 is 5.87. The van der Waals surface area contributed by atoms with Crippen molar-refractivity contribution in [2.75, 3.05) is 13.1 Å². The van der Waals surface area contributed by atoms with Gasteiger partial charge in [-0.1, -0.05) is 23.7 Å². The number of carbonyl (C=O) groups is 1. The molecule has 1 N–H and O–H groups in total. The van der Waals surface area contributed by atoms with E-state index in [9.17, 15) is 13.2 Å². The number of halogens is 1. The Morgan fingerprint density at radius 3 is 2.53 bits per heavy atom. The Hall–Kier alpha value is -2.68. The number of benzene rings is 2. The predicted molar refractivity (Wildman–Crippen MR) is 123 cm³/mol. The molecule has 32 heavy (non-hydrogen) atoms. The van der Waals surface area contributed by atoms with Gasteiger partial charge in [0.2, 0.25) is 15.9 Å². The predicted octanol–water partition coefficient (Wildman–Crippen LogP) is 3.55. The molecular formula is C23H25ClN4O3S. The van der Waals surface area contributed by atoms with Crippen LogP contribution in [0.1, 0.15) is 24.2 Å². The Bertz CT molecular complexity index is 1190. The molecule has 1 atom stereocenters. The van der Waals surface area contributed by atoms with E-state index in [0.29, 0.717) is 31.0 Å². The van der Waals surface area contributed by atoms with E-state index in [-0.39, 0.29) is 23.3 Å². The van der Waals surface area contributed by atoms with E-state index in [2.05, 4.69) is 10.3 Å². The van der Waals surface area contributed by atoms with E-state index < -0.39 is 10.0 Å². The van der Waals surface area contributed by atoms with Crippen molar-refractivity contribution in [3.8, 4) is 5.69 Å². The van der Waals surface area contributed by atoms with Crippen LogP contribution in [0.3, 0.4) is 0 Å². The first kappa shape index (κ1) is 22.5. The van der Waals surface area contributed by atoms with Crippen molar-refractivity contribution in [2.45, 2.75) is 31.2 Å². The topological polar surface area (TPSA) is 84.3 Å². The number of hydrogen-bond donors (Lipinski definition) is 1. The van der Waals surface area contributed by atoms with Crippen LogP contribution in [-0.2, 0) is 21.4 Å². The molecule has 3 aromatic rings. The second kappa shape index (κ2) is 9.44. The molecule has 0 radical (unpaired) electrons. The summed E-state index contributed by atoms with van der Waals surface area (Å²) in [7, 11) is -3.65. The molecule has 0 aliphatic carbocycles. The molecule has 0 unspecified atom stereocenters. The van der Waals surface area contributed by atoms with Crippen molar-refractivity contribution in [1.82, 2.24) is 19.2 Å². The van der Waals surface area contributed by atoms with Gasteiger partial charge in [-0.05, 0) is 61.7 Å². The van der Waals surface area contributed by atoms with Gasteiger partial charge >= 0.3 is 0 Å². The molecule has 1 aliphatic rings. The number of imidazole rings is 1. The number of nitrogens with one attached hydrogen (secondary N) is 1. The van der Waals surface area contributed by atoms with Crippen LogP contribution in [-0.4, -0.2) is 41.3 Å². The van der Waals surface area contributed by atoms with Crippen LogP contribution in [0.25, 0.3) is 5.69 Å². The summed E-state index contributed by atoms with van der Waals surface area (Å²) < 4.78 is 29.3. The number of rotatable bonds is 6. The van der Waals surface area contributed by atoms with Gasteiger partial charge in [0.25, 0.3) is 0 Å². The van der Waals surface area contributed by atoms with E-state index in [1.54, 1.807) is 18.3 Å². The Kier molecular flexibility index (Phi) is 6.64. The first-order valence-corrected chi connectivity index (χ1v) is 12.3. The van der Waals surface area contributed by atoms with Gasteiger partial charge in [0.15, 0.2) is 0 Å². The third-order valence-corrected chi connectivity index (χ3v) is 7.84. The highest BCUT2D eigenvalue weighted by Crippen LogP contribution is 2.25. The highest BCUT2D eigenvalue weighted by atomic mass is 35.5. The van der Waals surface area contributed by atoms with Crippen LogP contribution >= 0.6 is 11.6 Å². The van der Waals surface area contributed by atoms with Crippen LogP contribution in [0.4, 0.5) is 0 Å². The van der Waals surface area contributed by atoms with Gasteiger partial charge < -0.3 is 9.88 Å². The largest absolute Gasteiger partial charge is 0.352 e. The number of sulfonamides is 1. The van der Waals surface area contributed by atoms with Gasteiger partial charge in [-0.2, -0.15) is 4.31 Å². The van der Waals surface area contributed by atoms with Gasteiger partial charge in [-0.3, -0.25) is 4.79 Å². The molecule has 4 rings (SSSR count). The van der Waals surface area contributed by atoms with Crippen LogP contribution in [0.5, 0.6) is 0 Å². The van der Waals surface area contributed by atoms with Crippen LogP contribution in [0.15, 0.2) is 65.8 Å². The number of piperidine rings is 1. The van der Waals surface area contributed by atoms with Gasteiger partial charge in [-0.25, -0.2) is 13.4 Å². The molecular weight excluding hydrogens is 448 g/mol. The second-order valence-corrected chi connectivity index (χ2v) is 10.3. The molecule has 1 aromatic heterocycles. The normalized spacial score (nSPS) is 17.2. The summed E-state index contributed by atoms with van der Waals surface area (Å²) in [6, 6.07) is 14.0. The first-order valence-electron chi connectivity index (χ1n) is 10.5. The molecule has 1 fully saturated rings. The van der Waals surface area contributed by atoms with E-state index in [0.717, 1.165) is 17.1 Å². The number of carbonyl (C=O) groups excluding carboxylic acids is 1. The van der Waals surface area contributed by atoms with Gasteiger partial charge in [-0.15, -0.1) is 0 Å². The minimum absolute atomic E-state index is 0.129. The third-order valence-electron chi connectivity index (χ3n) is 5.71. The standard InChI is InChI=1S/C23H25ClN4O3S/c1-17-25-12-14-28(17)21-8-4-18(5-9-21)15-26-23(29)19-3-2-13-27(16-19)32(30,31)22-10-6-20(24)7-11-22/h4-12,14,19H,2-3,13,15-16H2,1H3,(H,26,29)/t19-/m0/s1. The lowest BCUT2D eigenvalue weighted by molar-refractivity contribution is -0.126. The van der Waals surface area contributed by atoms with Crippen LogP contribution in [0.2, 0.25) is 5.02 Å². The fraction of sp³-hybridized carbons (Fsp3) is 0.304. The highest BCUT2D eigenvalue weighted by Gasteiger charge is 2.33. The molecule has 0 saturated carbocycles. The summed E-state index contributed by atoms with van der Waals surface area (Å²) in [4.78, 5) is 17.2. The van der Waals surface area contributed by atoms with Crippen molar-refractivity contribution < 1.29 is 13.2 Å². The fourth-order valence-electron chi connectivity index (χ4n) is 3.89. The minimum atomic E-state index is -3.65. The smallest absolute Gasteiger partial charge is 0.243 e. The highest BCUT2D eigenvalue weighted by molar-refractivity contribution is 7.89. The quantitative estimate of drug-likeness (QED) is 0.594. The van der Waals surface area contributed by atoms with Gasteiger partial charge in [0.1, 0.15) is 5.82 Å². The number of hydrogen-bond acceptors (Lipinski definition) is 4. The molecule has 2 heterocycles. The molecule has 7 nitrogen and oxygen atoms in total. The van der Waals surface area contributed by atoms with E-state index in [1.807, 2.05) is 42.0 Å². The average Bonchev–Trinajstić information content (AvgIpc) is 3.24. The van der Waals surface area contributed by atoms with Crippen molar-refractivity contribution in [3.63, 3.8) is 0 Å². The SMILES string of the molecule is Cc1nccn1-c1ccc(CNC(=O)[C@H]2CCCN(S(=O)(=O)c3ccc(Cl)cc3)C2)cc1. The number of aryl methyl sites for hydroxylation is 1.